The molecule has 1 saturated heterocycles. The van der Waals surface area contributed by atoms with Gasteiger partial charge in [0.2, 0.25) is 6.29 Å². The Morgan fingerprint density at radius 1 is 1.05 bits per heavy atom. The molecule has 7 N–H and O–H groups in total. The number of hydrogen-bond donors (Lipinski definition) is 7. The van der Waals surface area contributed by atoms with E-state index in [2.05, 4.69) is 0 Å². The second kappa shape index (κ2) is 11.9. The second-order valence-corrected chi connectivity index (χ2v) is 9.94. The lowest BCUT2D eigenvalue weighted by Crippen LogP contribution is -2.60. The van der Waals surface area contributed by atoms with Crippen LogP contribution in [0.5, 0.6) is 11.5 Å². The number of benzene rings is 1. The van der Waals surface area contributed by atoms with Crippen molar-refractivity contribution in [1.82, 2.24) is 0 Å². The van der Waals surface area contributed by atoms with Crippen molar-refractivity contribution in [1.29, 1.82) is 0 Å². The molecule has 10 unspecified atom stereocenters. The van der Waals surface area contributed by atoms with Crippen molar-refractivity contribution in [2.75, 3.05) is 6.61 Å². The Morgan fingerprint density at radius 3 is 2.49 bits per heavy atom. The summed E-state index contributed by atoms with van der Waals surface area (Å²) >= 11 is 0. The lowest BCUT2D eigenvalue weighted by molar-refractivity contribution is -0.342. The summed E-state index contributed by atoms with van der Waals surface area (Å²) in [6, 6.07) is 4.22. The Morgan fingerprint density at radius 2 is 1.79 bits per heavy atom. The summed E-state index contributed by atoms with van der Waals surface area (Å²) in [5, 5.41) is 69.9. The smallest absolute Gasteiger partial charge is 0.334 e. The number of allylic oxidation sites excluding steroid dienone is 1. The molecule has 0 radical (unpaired) electrons. The van der Waals surface area contributed by atoms with Gasteiger partial charge in [0.05, 0.1) is 17.9 Å². The van der Waals surface area contributed by atoms with Gasteiger partial charge in [-0.2, -0.15) is 0 Å². The van der Waals surface area contributed by atoms with Gasteiger partial charge >= 0.3 is 11.9 Å². The van der Waals surface area contributed by atoms with Crippen LogP contribution >= 0.6 is 0 Å². The number of carboxylic acid groups (broad SMARTS) is 1. The first-order valence-corrected chi connectivity index (χ1v) is 12.4. The largest absolute Gasteiger partial charge is 0.504 e. The van der Waals surface area contributed by atoms with Crippen molar-refractivity contribution in [2.45, 2.75) is 62.9 Å². The number of ether oxygens (including phenoxy) is 4. The molecule has 0 bridgehead atoms. The minimum atomic E-state index is -1.72. The Balaban J connectivity index is 1.36. The van der Waals surface area contributed by atoms with Crippen LogP contribution in [0.4, 0.5) is 0 Å². The van der Waals surface area contributed by atoms with Crippen LogP contribution in [0.15, 0.2) is 42.2 Å². The number of aliphatic carboxylic acids is 1. The lowest BCUT2D eigenvalue weighted by Gasteiger charge is -2.43. The first kappa shape index (κ1) is 28.8. The van der Waals surface area contributed by atoms with Gasteiger partial charge in [0.15, 0.2) is 17.8 Å². The minimum Gasteiger partial charge on any atom is -0.504 e. The van der Waals surface area contributed by atoms with Gasteiger partial charge in [-0.1, -0.05) is 19.1 Å². The number of esters is 1. The van der Waals surface area contributed by atoms with E-state index in [1.54, 1.807) is 13.0 Å². The molecular weight excluding hydrogens is 520 g/mol. The van der Waals surface area contributed by atoms with Crippen molar-refractivity contribution in [3.63, 3.8) is 0 Å². The molecule has 0 amide bonds. The van der Waals surface area contributed by atoms with Crippen LogP contribution in [-0.2, 0) is 35.0 Å². The number of aromatic hydroxyl groups is 2. The van der Waals surface area contributed by atoms with Gasteiger partial charge in [-0.3, -0.25) is 0 Å². The van der Waals surface area contributed by atoms with Crippen LogP contribution in [0, 0.1) is 17.8 Å². The third-order valence-electron chi connectivity index (χ3n) is 7.44. The maximum atomic E-state index is 12.1. The molecule has 1 aliphatic carbocycles. The molecular formula is C26H32O13. The normalized spacial score (nSPS) is 36.2. The minimum absolute atomic E-state index is 0.0103. The fraction of sp³-hybridized carbons (Fsp3) is 0.538. The van der Waals surface area contributed by atoms with Crippen molar-refractivity contribution < 1.29 is 64.3 Å². The van der Waals surface area contributed by atoms with Crippen LogP contribution in [0.3, 0.4) is 0 Å². The van der Waals surface area contributed by atoms with E-state index in [0.29, 0.717) is 5.56 Å². The quantitative estimate of drug-likeness (QED) is 0.123. The molecule has 2 aliphatic heterocycles. The Kier molecular flexibility index (Phi) is 8.79. The third kappa shape index (κ3) is 6.19. The van der Waals surface area contributed by atoms with Gasteiger partial charge in [0.25, 0.3) is 0 Å². The van der Waals surface area contributed by atoms with E-state index in [9.17, 15) is 45.3 Å². The Labute approximate surface area is 223 Å². The fourth-order valence-corrected chi connectivity index (χ4v) is 5.18. The van der Waals surface area contributed by atoms with Gasteiger partial charge in [-0.15, -0.1) is 0 Å². The zero-order valence-electron chi connectivity index (χ0n) is 20.9. The average molecular weight is 553 g/mol. The molecule has 1 saturated carbocycles. The summed E-state index contributed by atoms with van der Waals surface area (Å²) in [5.41, 5.74) is 0.614. The SMILES string of the molecule is CC1C(O)CC2C(C(=O)O)=COC(OC3OC(COC(=O)C=CCc4ccc(O)c(O)c4)C(O)C(O)C3O)C21. The topological polar surface area (TPSA) is 213 Å². The Hall–Kier alpha value is -3.20. The number of rotatable bonds is 8. The number of aliphatic hydroxyl groups is 4. The summed E-state index contributed by atoms with van der Waals surface area (Å²) in [6.07, 6.45) is -5.74. The van der Waals surface area contributed by atoms with Crippen molar-refractivity contribution in [2.24, 2.45) is 17.8 Å². The fourth-order valence-electron chi connectivity index (χ4n) is 5.18. The van der Waals surface area contributed by atoms with E-state index >= 15 is 0 Å². The first-order chi connectivity index (χ1) is 18.5. The van der Waals surface area contributed by atoms with Crippen LogP contribution in [0.1, 0.15) is 18.9 Å². The molecule has 2 fully saturated rings. The van der Waals surface area contributed by atoms with Gasteiger partial charge in [-0.05, 0) is 36.5 Å². The van der Waals surface area contributed by atoms with Gasteiger partial charge < -0.3 is 54.7 Å². The maximum Gasteiger partial charge on any atom is 0.334 e. The van der Waals surface area contributed by atoms with E-state index in [0.717, 1.165) is 12.3 Å². The van der Waals surface area contributed by atoms with E-state index in [1.165, 1.54) is 18.2 Å². The zero-order valence-corrected chi connectivity index (χ0v) is 20.9. The molecule has 1 aromatic rings. The summed E-state index contributed by atoms with van der Waals surface area (Å²) in [7, 11) is 0. The number of carbonyl (C=O) groups excluding carboxylic acids is 1. The summed E-state index contributed by atoms with van der Waals surface area (Å²) in [4.78, 5) is 23.8. The molecule has 0 aromatic heterocycles. The number of phenolic OH excluding ortho intramolecular Hbond substituents is 2. The highest BCUT2D eigenvalue weighted by Crippen LogP contribution is 2.47. The van der Waals surface area contributed by atoms with Gasteiger partial charge in [-0.25, -0.2) is 9.59 Å². The maximum absolute atomic E-state index is 12.1. The monoisotopic (exact) mass is 552 g/mol. The molecule has 0 spiro atoms. The Bertz CT molecular complexity index is 1120. The average Bonchev–Trinajstić information content (AvgIpc) is 3.19. The second-order valence-electron chi connectivity index (χ2n) is 9.94. The number of carbonyl (C=O) groups is 2. The molecule has 2 heterocycles. The standard InChI is InChI=1S/C26H32O13/c1-11-16(28)8-13-14(24(34)35)9-37-25(20(11)13)39-26-23(33)22(32)21(31)18(38-26)10-36-19(30)4-2-3-12-5-6-15(27)17(29)7-12/h2,4-7,9,11,13,16,18,20-23,25-29,31-33H,3,8,10H2,1H3,(H,34,35). The third-order valence-corrected chi connectivity index (χ3v) is 7.44. The first-order valence-electron chi connectivity index (χ1n) is 12.4. The molecule has 4 rings (SSSR count). The van der Waals surface area contributed by atoms with Crippen LogP contribution < -0.4 is 0 Å². The number of fused-ring (bicyclic) bond motifs is 1. The van der Waals surface area contributed by atoms with E-state index in [-0.39, 0.29) is 29.9 Å². The predicted molar refractivity (Wildman–Crippen MR) is 129 cm³/mol. The van der Waals surface area contributed by atoms with E-state index in [4.69, 9.17) is 18.9 Å². The molecule has 1 aromatic carbocycles. The number of phenols is 2. The molecule has 10 atom stereocenters. The highest BCUT2D eigenvalue weighted by atomic mass is 16.8. The summed E-state index contributed by atoms with van der Waals surface area (Å²) < 4.78 is 22.0. The number of hydrogen-bond acceptors (Lipinski definition) is 12. The van der Waals surface area contributed by atoms with Crippen molar-refractivity contribution in [3.05, 3.63) is 47.7 Å². The van der Waals surface area contributed by atoms with Gasteiger partial charge in [0, 0.05) is 17.9 Å². The van der Waals surface area contributed by atoms with Crippen molar-refractivity contribution in [3.8, 4) is 11.5 Å². The summed E-state index contributed by atoms with van der Waals surface area (Å²) in [5.74, 6) is -4.11. The molecule has 13 nitrogen and oxygen atoms in total. The number of aliphatic hydroxyl groups excluding tert-OH is 4. The van der Waals surface area contributed by atoms with Crippen LogP contribution in [-0.4, -0.2) is 97.4 Å². The zero-order chi connectivity index (χ0) is 28.4. The molecule has 39 heavy (non-hydrogen) atoms. The number of carboxylic acids is 1. The highest BCUT2D eigenvalue weighted by molar-refractivity contribution is 5.87. The highest BCUT2D eigenvalue weighted by Gasteiger charge is 2.53. The van der Waals surface area contributed by atoms with Crippen LogP contribution in [0.25, 0.3) is 0 Å². The van der Waals surface area contributed by atoms with E-state index < -0.39 is 79.4 Å². The van der Waals surface area contributed by atoms with E-state index in [1.807, 2.05) is 0 Å². The lowest BCUT2D eigenvalue weighted by atomic mass is 9.83. The summed E-state index contributed by atoms with van der Waals surface area (Å²) in [6.45, 7) is 1.22. The van der Waals surface area contributed by atoms with Crippen LogP contribution in [0.2, 0.25) is 0 Å². The van der Waals surface area contributed by atoms with Gasteiger partial charge in [0.1, 0.15) is 31.0 Å². The van der Waals surface area contributed by atoms with Crippen molar-refractivity contribution >= 4 is 11.9 Å². The molecule has 214 valence electrons. The molecule has 13 heteroatoms. The molecule has 3 aliphatic rings. The predicted octanol–water partition coefficient (Wildman–Crippen LogP) is -0.478.